The van der Waals surface area contributed by atoms with E-state index in [1.54, 1.807) is 0 Å². The van der Waals surface area contributed by atoms with Crippen molar-refractivity contribution in [3.05, 3.63) is 29.8 Å². The molecule has 0 aliphatic carbocycles. The summed E-state index contributed by atoms with van der Waals surface area (Å²) in [6.07, 6.45) is 0.750. The molecule has 0 radical (unpaired) electrons. The van der Waals surface area contributed by atoms with E-state index in [4.69, 9.17) is 19.9 Å². The Morgan fingerprint density at radius 2 is 1.64 bits per heavy atom. The van der Waals surface area contributed by atoms with Crippen LogP contribution >= 0.6 is 0 Å². The van der Waals surface area contributed by atoms with Crippen molar-refractivity contribution in [3.8, 4) is 5.75 Å². The van der Waals surface area contributed by atoms with Crippen LogP contribution in [0.25, 0.3) is 0 Å². The van der Waals surface area contributed by atoms with Crippen LogP contribution in [0.15, 0.2) is 24.3 Å². The molecule has 1 aromatic carbocycles. The number of nitrogens with one attached hydrogen (secondary N) is 1. The van der Waals surface area contributed by atoms with Crippen LogP contribution in [0.4, 0.5) is 0 Å². The minimum atomic E-state index is -0.474. The molecule has 0 spiro atoms. The number of hydrogen-bond donors (Lipinski definition) is 2. The lowest BCUT2D eigenvalue weighted by atomic mass is 10.0. The number of benzene rings is 1. The standard InChI is InChI=1S/C22H38N2O4/c1-17(2)18-7-9-19(10-8-18)26-15-20(25)24-16-22(5,6)27-13-11-21(3,4)28-14-12-23/h7-10,17H,11-16,23H2,1-6H3,(H,24,25). The molecular formula is C22H38N2O4. The van der Waals surface area contributed by atoms with Gasteiger partial charge in [-0.25, -0.2) is 0 Å². The summed E-state index contributed by atoms with van der Waals surface area (Å²) in [4.78, 5) is 12.1. The van der Waals surface area contributed by atoms with E-state index < -0.39 is 5.60 Å². The summed E-state index contributed by atoms with van der Waals surface area (Å²) < 4.78 is 17.2. The molecule has 0 saturated carbocycles. The van der Waals surface area contributed by atoms with Crippen molar-refractivity contribution in [2.75, 3.05) is 32.9 Å². The Bertz CT molecular complexity index is 583. The van der Waals surface area contributed by atoms with E-state index in [9.17, 15) is 4.79 Å². The van der Waals surface area contributed by atoms with E-state index in [2.05, 4.69) is 19.2 Å². The summed E-state index contributed by atoms with van der Waals surface area (Å²) >= 11 is 0. The Morgan fingerprint density at radius 1 is 1.04 bits per heavy atom. The Labute approximate surface area is 170 Å². The van der Waals surface area contributed by atoms with Crippen molar-refractivity contribution in [1.82, 2.24) is 5.32 Å². The third-order valence-electron chi connectivity index (χ3n) is 4.44. The van der Waals surface area contributed by atoms with Crippen molar-refractivity contribution in [2.24, 2.45) is 5.73 Å². The molecule has 1 rings (SSSR count). The smallest absolute Gasteiger partial charge is 0.258 e. The van der Waals surface area contributed by atoms with Gasteiger partial charge in [-0.1, -0.05) is 26.0 Å². The van der Waals surface area contributed by atoms with E-state index in [1.165, 1.54) is 5.56 Å². The molecule has 0 fully saturated rings. The molecule has 0 aromatic heterocycles. The van der Waals surface area contributed by atoms with Crippen LogP contribution < -0.4 is 15.8 Å². The normalized spacial score (nSPS) is 12.3. The van der Waals surface area contributed by atoms with Gasteiger partial charge < -0.3 is 25.3 Å². The van der Waals surface area contributed by atoms with E-state index in [0.29, 0.717) is 38.0 Å². The molecule has 160 valence electrons. The van der Waals surface area contributed by atoms with Crippen molar-refractivity contribution < 1.29 is 19.0 Å². The molecule has 1 amide bonds. The van der Waals surface area contributed by atoms with Crippen LogP contribution in [0.1, 0.15) is 59.4 Å². The molecule has 0 bridgehead atoms. The van der Waals surface area contributed by atoms with E-state index in [-0.39, 0.29) is 18.1 Å². The predicted octanol–water partition coefficient (Wildman–Crippen LogP) is 3.24. The number of nitrogens with two attached hydrogens (primary N) is 1. The van der Waals surface area contributed by atoms with Gasteiger partial charge in [-0.05, 0) is 57.7 Å². The average molecular weight is 395 g/mol. The van der Waals surface area contributed by atoms with Crippen molar-refractivity contribution in [3.63, 3.8) is 0 Å². The highest BCUT2D eigenvalue weighted by molar-refractivity contribution is 5.77. The monoisotopic (exact) mass is 394 g/mol. The number of rotatable bonds is 13. The fourth-order valence-electron chi connectivity index (χ4n) is 2.49. The van der Waals surface area contributed by atoms with Crippen LogP contribution in [0.2, 0.25) is 0 Å². The summed E-state index contributed by atoms with van der Waals surface area (Å²) in [6, 6.07) is 7.83. The van der Waals surface area contributed by atoms with E-state index in [1.807, 2.05) is 52.0 Å². The largest absolute Gasteiger partial charge is 0.484 e. The Balaban J connectivity index is 2.30. The number of hydrogen-bond acceptors (Lipinski definition) is 5. The summed E-state index contributed by atoms with van der Waals surface area (Å²) in [6.45, 7) is 14.2. The lowest BCUT2D eigenvalue weighted by Crippen LogP contribution is -2.43. The summed E-state index contributed by atoms with van der Waals surface area (Å²) in [5, 5.41) is 2.87. The molecule has 0 heterocycles. The van der Waals surface area contributed by atoms with Gasteiger partial charge in [0.15, 0.2) is 6.61 Å². The molecule has 1 aromatic rings. The second-order valence-corrected chi connectivity index (χ2v) is 8.54. The first-order chi connectivity index (χ1) is 13.0. The summed E-state index contributed by atoms with van der Waals surface area (Å²) in [5.41, 5.74) is 5.96. The first-order valence-electron chi connectivity index (χ1n) is 10.0. The van der Waals surface area contributed by atoms with Gasteiger partial charge in [-0.15, -0.1) is 0 Å². The first kappa shape index (κ1) is 24.4. The SMILES string of the molecule is CC(C)c1ccc(OCC(=O)NCC(C)(C)OCCC(C)(C)OCCN)cc1. The summed E-state index contributed by atoms with van der Waals surface area (Å²) in [5.74, 6) is 0.989. The molecule has 0 atom stereocenters. The van der Waals surface area contributed by atoms with Gasteiger partial charge in [0.1, 0.15) is 5.75 Å². The topological polar surface area (TPSA) is 82.8 Å². The van der Waals surface area contributed by atoms with Gasteiger partial charge in [0.05, 0.1) is 24.4 Å². The molecule has 0 aliphatic rings. The maximum Gasteiger partial charge on any atom is 0.258 e. The fraction of sp³-hybridized carbons (Fsp3) is 0.682. The lowest BCUT2D eigenvalue weighted by Gasteiger charge is -2.29. The van der Waals surface area contributed by atoms with Crippen LogP contribution in [-0.4, -0.2) is 50.0 Å². The zero-order valence-corrected chi connectivity index (χ0v) is 18.3. The van der Waals surface area contributed by atoms with Crippen LogP contribution in [0.3, 0.4) is 0 Å². The number of carbonyl (C=O) groups excluding carboxylic acids is 1. The second kappa shape index (κ2) is 11.4. The molecule has 3 N–H and O–H groups in total. The number of amides is 1. The first-order valence-corrected chi connectivity index (χ1v) is 10.0. The molecule has 0 aliphatic heterocycles. The minimum Gasteiger partial charge on any atom is -0.484 e. The zero-order valence-electron chi connectivity index (χ0n) is 18.3. The molecule has 28 heavy (non-hydrogen) atoms. The Hall–Kier alpha value is -1.63. The van der Waals surface area contributed by atoms with Crippen molar-refractivity contribution in [1.29, 1.82) is 0 Å². The minimum absolute atomic E-state index is 0.0168. The lowest BCUT2D eigenvalue weighted by molar-refractivity contribution is -0.125. The quantitative estimate of drug-likeness (QED) is 0.537. The van der Waals surface area contributed by atoms with Gasteiger partial charge in [0.2, 0.25) is 0 Å². The van der Waals surface area contributed by atoms with Crippen molar-refractivity contribution in [2.45, 2.75) is 65.1 Å². The predicted molar refractivity (Wildman–Crippen MR) is 113 cm³/mol. The second-order valence-electron chi connectivity index (χ2n) is 8.54. The Morgan fingerprint density at radius 3 is 2.21 bits per heavy atom. The van der Waals surface area contributed by atoms with Gasteiger partial charge in [-0.2, -0.15) is 0 Å². The molecule has 0 saturated heterocycles. The fourth-order valence-corrected chi connectivity index (χ4v) is 2.49. The van der Waals surface area contributed by atoms with Gasteiger partial charge in [0, 0.05) is 13.1 Å². The highest BCUT2D eigenvalue weighted by Crippen LogP contribution is 2.19. The zero-order chi connectivity index (χ0) is 21.2. The number of carbonyl (C=O) groups is 1. The van der Waals surface area contributed by atoms with E-state index in [0.717, 1.165) is 6.42 Å². The summed E-state index contributed by atoms with van der Waals surface area (Å²) in [7, 11) is 0. The van der Waals surface area contributed by atoms with Crippen molar-refractivity contribution >= 4 is 5.91 Å². The molecule has 0 unspecified atom stereocenters. The number of ether oxygens (including phenoxy) is 3. The third-order valence-corrected chi connectivity index (χ3v) is 4.44. The van der Waals surface area contributed by atoms with Crippen LogP contribution in [0.5, 0.6) is 5.75 Å². The van der Waals surface area contributed by atoms with Crippen LogP contribution in [-0.2, 0) is 14.3 Å². The molecular weight excluding hydrogens is 356 g/mol. The average Bonchev–Trinajstić information content (AvgIpc) is 2.63. The van der Waals surface area contributed by atoms with Gasteiger partial charge in [-0.3, -0.25) is 4.79 Å². The highest BCUT2D eigenvalue weighted by Gasteiger charge is 2.23. The molecule has 6 heteroatoms. The maximum absolute atomic E-state index is 12.1. The molecule has 6 nitrogen and oxygen atoms in total. The third kappa shape index (κ3) is 10.1. The van der Waals surface area contributed by atoms with Gasteiger partial charge >= 0.3 is 0 Å². The highest BCUT2D eigenvalue weighted by atomic mass is 16.5. The Kier molecular flexibility index (Phi) is 9.93. The van der Waals surface area contributed by atoms with Crippen LogP contribution in [0, 0.1) is 0 Å². The maximum atomic E-state index is 12.1. The van der Waals surface area contributed by atoms with Gasteiger partial charge in [0.25, 0.3) is 5.91 Å². The van der Waals surface area contributed by atoms with E-state index >= 15 is 0 Å².